The average molecular weight is 360 g/mol. The number of hydrogen-bond donors (Lipinski definition) is 3. The van der Waals surface area contributed by atoms with E-state index in [-0.39, 0.29) is 18.5 Å². The van der Waals surface area contributed by atoms with Gasteiger partial charge in [-0.2, -0.15) is 4.98 Å². The highest BCUT2D eigenvalue weighted by Crippen LogP contribution is 2.08. The van der Waals surface area contributed by atoms with Crippen LogP contribution < -0.4 is 10.6 Å². The molecule has 0 aliphatic carbocycles. The largest absolute Gasteiger partial charge is 0.481 e. The molecular formula is C18H24N4O4. The molecule has 0 aliphatic heterocycles. The van der Waals surface area contributed by atoms with Crippen molar-refractivity contribution in [1.82, 2.24) is 20.8 Å². The van der Waals surface area contributed by atoms with Crippen LogP contribution in [0.2, 0.25) is 0 Å². The Morgan fingerprint density at radius 2 is 2.04 bits per heavy atom. The van der Waals surface area contributed by atoms with E-state index in [1.165, 1.54) is 0 Å². The van der Waals surface area contributed by atoms with Crippen molar-refractivity contribution < 1.29 is 19.2 Å². The predicted molar refractivity (Wildman–Crippen MR) is 94.7 cm³/mol. The number of hydrogen-bond acceptors (Lipinski definition) is 5. The van der Waals surface area contributed by atoms with Crippen molar-refractivity contribution >= 4 is 12.0 Å². The van der Waals surface area contributed by atoms with E-state index in [2.05, 4.69) is 20.8 Å². The van der Waals surface area contributed by atoms with Gasteiger partial charge in [-0.1, -0.05) is 42.4 Å². The lowest BCUT2D eigenvalue weighted by Crippen LogP contribution is -2.44. The average Bonchev–Trinajstić information content (AvgIpc) is 3.08. The Labute approximate surface area is 152 Å². The second-order valence-electron chi connectivity index (χ2n) is 5.93. The van der Waals surface area contributed by atoms with Gasteiger partial charge in [0.1, 0.15) is 0 Å². The third kappa shape index (κ3) is 6.92. The van der Waals surface area contributed by atoms with E-state index in [0.29, 0.717) is 43.9 Å². The van der Waals surface area contributed by atoms with Gasteiger partial charge < -0.3 is 20.3 Å². The molecular weight excluding hydrogens is 336 g/mol. The summed E-state index contributed by atoms with van der Waals surface area (Å²) in [6.45, 7) is 2.29. The van der Waals surface area contributed by atoms with Crippen molar-refractivity contribution in [1.29, 1.82) is 0 Å². The number of carboxylic acids is 1. The van der Waals surface area contributed by atoms with E-state index in [1.807, 2.05) is 37.3 Å². The Hall–Kier alpha value is -2.90. The van der Waals surface area contributed by atoms with Gasteiger partial charge in [0.25, 0.3) is 0 Å². The maximum Gasteiger partial charge on any atom is 0.315 e. The number of nitrogens with zero attached hydrogens (tertiary/aromatic N) is 2. The maximum atomic E-state index is 12.1. The summed E-state index contributed by atoms with van der Waals surface area (Å²) in [6.07, 6.45) is 2.08. The fourth-order valence-electron chi connectivity index (χ4n) is 2.48. The number of urea groups is 1. The van der Waals surface area contributed by atoms with Crippen LogP contribution in [0, 0.1) is 0 Å². The molecule has 1 heterocycles. The molecule has 0 aliphatic rings. The van der Waals surface area contributed by atoms with Gasteiger partial charge in [0, 0.05) is 31.8 Å². The molecule has 2 rings (SSSR count). The zero-order valence-electron chi connectivity index (χ0n) is 14.8. The van der Waals surface area contributed by atoms with Crippen LogP contribution in [0.4, 0.5) is 4.79 Å². The number of nitrogens with one attached hydrogen (secondary N) is 2. The molecule has 140 valence electrons. The van der Waals surface area contributed by atoms with Crippen LogP contribution in [-0.2, 0) is 24.1 Å². The maximum absolute atomic E-state index is 12.1. The van der Waals surface area contributed by atoms with Crippen LogP contribution in [0.15, 0.2) is 34.9 Å². The predicted octanol–water partition coefficient (Wildman–Crippen LogP) is 1.95. The molecule has 0 saturated heterocycles. The summed E-state index contributed by atoms with van der Waals surface area (Å²) in [6, 6.07) is 9.06. The molecule has 3 N–H and O–H groups in total. The summed E-state index contributed by atoms with van der Waals surface area (Å²) >= 11 is 0. The molecule has 0 saturated carbocycles. The minimum atomic E-state index is -0.880. The molecule has 26 heavy (non-hydrogen) atoms. The summed E-state index contributed by atoms with van der Waals surface area (Å²) in [4.78, 5) is 27.1. The van der Waals surface area contributed by atoms with Gasteiger partial charge in [-0.05, 0) is 18.4 Å². The number of amides is 2. The highest BCUT2D eigenvalue weighted by Gasteiger charge is 2.15. The van der Waals surface area contributed by atoms with Crippen LogP contribution in [-0.4, -0.2) is 39.8 Å². The lowest BCUT2D eigenvalue weighted by Gasteiger charge is -2.18. The summed E-state index contributed by atoms with van der Waals surface area (Å²) in [7, 11) is 0. The van der Waals surface area contributed by atoms with E-state index in [9.17, 15) is 9.59 Å². The second kappa shape index (κ2) is 10.2. The smallest absolute Gasteiger partial charge is 0.315 e. The number of rotatable bonds is 10. The van der Waals surface area contributed by atoms with Gasteiger partial charge in [0.15, 0.2) is 5.82 Å². The molecule has 0 fully saturated rings. The lowest BCUT2D eigenvalue weighted by atomic mass is 10.0. The van der Waals surface area contributed by atoms with Gasteiger partial charge in [-0.3, -0.25) is 4.79 Å². The molecule has 1 aromatic carbocycles. The van der Waals surface area contributed by atoms with Crippen molar-refractivity contribution in [2.24, 2.45) is 0 Å². The second-order valence-corrected chi connectivity index (χ2v) is 5.93. The number of carboxylic acid groups (broad SMARTS) is 1. The van der Waals surface area contributed by atoms with Crippen LogP contribution >= 0.6 is 0 Å². The first-order chi connectivity index (χ1) is 12.6. The van der Waals surface area contributed by atoms with Crippen LogP contribution in [0.3, 0.4) is 0 Å². The number of aliphatic carboxylic acids is 1. The van der Waals surface area contributed by atoms with E-state index in [1.54, 1.807) is 0 Å². The minimum Gasteiger partial charge on any atom is -0.481 e. The number of carbonyl (C=O) groups excluding carboxylic acids is 1. The normalized spacial score (nSPS) is 11.7. The van der Waals surface area contributed by atoms with Gasteiger partial charge >= 0.3 is 12.0 Å². The molecule has 2 amide bonds. The zero-order chi connectivity index (χ0) is 18.8. The monoisotopic (exact) mass is 360 g/mol. The Morgan fingerprint density at radius 3 is 2.69 bits per heavy atom. The van der Waals surface area contributed by atoms with Crippen molar-refractivity contribution in [3.63, 3.8) is 0 Å². The van der Waals surface area contributed by atoms with Crippen molar-refractivity contribution in [2.45, 2.75) is 45.1 Å². The fraction of sp³-hybridized carbons (Fsp3) is 0.444. The third-order valence-electron chi connectivity index (χ3n) is 3.81. The van der Waals surface area contributed by atoms with E-state index in [4.69, 9.17) is 9.63 Å². The molecule has 8 heteroatoms. The topological polar surface area (TPSA) is 117 Å². The van der Waals surface area contributed by atoms with Crippen LogP contribution in [0.1, 0.15) is 37.0 Å². The van der Waals surface area contributed by atoms with Gasteiger partial charge in [-0.25, -0.2) is 4.79 Å². The zero-order valence-corrected chi connectivity index (χ0v) is 14.8. The molecule has 2 aromatic rings. The molecule has 0 bridgehead atoms. The SMILES string of the molecule is CCc1nc(CCNC(=O)NC(CCC(=O)O)Cc2ccccc2)no1. The van der Waals surface area contributed by atoms with Crippen LogP contribution in [0.25, 0.3) is 0 Å². The number of aromatic nitrogens is 2. The summed E-state index contributed by atoms with van der Waals surface area (Å²) in [5, 5.41) is 18.3. The molecule has 1 unspecified atom stereocenters. The number of benzene rings is 1. The van der Waals surface area contributed by atoms with E-state index in [0.717, 1.165) is 5.56 Å². The van der Waals surface area contributed by atoms with E-state index < -0.39 is 5.97 Å². The lowest BCUT2D eigenvalue weighted by molar-refractivity contribution is -0.137. The summed E-state index contributed by atoms with van der Waals surface area (Å²) in [5.41, 5.74) is 1.04. The summed E-state index contributed by atoms with van der Waals surface area (Å²) < 4.78 is 5.01. The van der Waals surface area contributed by atoms with Gasteiger partial charge in [0.2, 0.25) is 5.89 Å². The van der Waals surface area contributed by atoms with Gasteiger partial charge in [-0.15, -0.1) is 0 Å². The van der Waals surface area contributed by atoms with Crippen molar-refractivity contribution in [2.75, 3.05) is 6.54 Å². The molecule has 1 atom stereocenters. The fourth-order valence-corrected chi connectivity index (χ4v) is 2.48. The molecule has 0 spiro atoms. The number of aryl methyl sites for hydroxylation is 1. The first-order valence-electron chi connectivity index (χ1n) is 8.68. The van der Waals surface area contributed by atoms with Crippen molar-refractivity contribution in [3.05, 3.63) is 47.6 Å². The standard InChI is InChI=1S/C18H24N4O4/c1-2-16-21-15(22-26-16)10-11-19-18(25)20-14(8-9-17(23)24)12-13-6-4-3-5-7-13/h3-7,14H,2,8-12H2,1H3,(H,23,24)(H2,19,20,25). The van der Waals surface area contributed by atoms with Crippen LogP contribution in [0.5, 0.6) is 0 Å². The Kier molecular flexibility index (Phi) is 7.60. The first-order valence-corrected chi connectivity index (χ1v) is 8.68. The van der Waals surface area contributed by atoms with Gasteiger partial charge in [0.05, 0.1) is 0 Å². The summed E-state index contributed by atoms with van der Waals surface area (Å²) in [5.74, 6) is 0.240. The molecule has 8 nitrogen and oxygen atoms in total. The Morgan fingerprint density at radius 1 is 1.27 bits per heavy atom. The molecule has 1 aromatic heterocycles. The Balaban J connectivity index is 1.81. The molecule has 0 radical (unpaired) electrons. The highest BCUT2D eigenvalue weighted by atomic mass is 16.5. The quantitative estimate of drug-likeness (QED) is 0.596. The first kappa shape index (κ1) is 19.4. The van der Waals surface area contributed by atoms with E-state index >= 15 is 0 Å². The number of carbonyl (C=O) groups is 2. The Bertz CT molecular complexity index is 702. The highest BCUT2D eigenvalue weighted by molar-refractivity contribution is 5.74. The minimum absolute atomic E-state index is 0.000431. The van der Waals surface area contributed by atoms with Crippen molar-refractivity contribution in [3.8, 4) is 0 Å². The third-order valence-corrected chi connectivity index (χ3v) is 3.81.